The van der Waals surface area contributed by atoms with E-state index in [0.29, 0.717) is 22.3 Å². The van der Waals surface area contributed by atoms with E-state index in [1.54, 1.807) is 12.1 Å². The maximum Gasteiger partial charge on any atom is 0.140 e. The summed E-state index contributed by atoms with van der Waals surface area (Å²) in [4.78, 5) is 5.04. The first-order chi connectivity index (χ1) is 8.72. The summed E-state index contributed by atoms with van der Waals surface area (Å²) in [6.07, 6.45) is 0.760. The number of hydrogen-bond donors (Lipinski definition) is 0. The Morgan fingerprint density at radius 1 is 1.50 bits per heavy atom. The van der Waals surface area contributed by atoms with Crippen molar-refractivity contribution in [1.29, 1.82) is 5.26 Å². The molecule has 0 aliphatic heterocycles. The number of aryl methyl sites for hydroxylation is 1. The van der Waals surface area contributed by atoms with E-state index in [0.717, 1.165) is 17.1 Å². The average molecular weight is 279 g/mol. The van der Waals surface area contributed by atoms with Gasteiger partial charge in [0.2, 0.25) is 0 Å². The van der Waals surface area contributed by atoms with Gasteiger partial charge in [0.15, 0.2) is 0 Å². The van der Waals surface area contributed by atoms with E-state index in [1.165, 1.54) is 11.3 Å². The van der Waals surface area contributed by atoms with E-state index >= 15 is 0 Å². The Bertz CT molecular complexity index is 589. The molecule has 0 radical (unpaired) electrons. The lowest BCUT2D eigenvalue weighted by molar-refractivity contribution is 0.305. The van der Waals surface area contributed by atoms with Gasteiger partial charge in [-0.25, -0.2) is 4.98 Å². The third-order valence-electron chi connectivity index (χ3n) is 2.34. The lowest BCUT2D eigenvalue weighted by atomic mass is 10.3. The normalized spacial score (nSPS) is 10.1. The zero-order valence-corrected chi connectivity index (χ0v) is 11.4. The van der Waals surface area contributed by atoms with Gasteiger partial charge in [-0.05, 0) is 24.6 Å². The highest BCUT2D eigenvalue weighted by Gasteiger charge is 2.09. The summed E-state index contributed by atoms with van der Waals surface area (Å²) in [5.41, 5.74) is 0.840. The number of nitrogens with zero attached hydrogens (tertiary/aromatic N) is 2. The van der Waals surface area contributed by atoms with E-state index < -0.39 is 0 Å². The van der Waals surface area contributed by atoms with Crippen molar-refractivity contribution in [1.82, 2.24) is 4.98 Å². The first-order valence-corrected chi connectivity index (χ1v) is 6.69. The molecule has 0 aliphatic carbocycles. The predicted molar refractivity (Wildman–Crippen MR) is 72.0 cm³/mol. The van der Waals surface area contributed by atoms with Crippen LogP contribution < -0.4 is 4.74 Å². The van der Waals surface area contributed by atoms with E-state index in [1.807, 2.05) is 19.1 Å². The van der Waals surface area contributed by atoms with Crippen LogP contribution in [0.25, 0.3) is 0 Å². The van der Waals surface area contributed by atoms with Crippen molar-refractivity contribution >= 4 is 22.9 Å². The van der Waals surface area contributed by atoms with E-state index in [9.17, 15) is 0 Å². The number of ether oxygens (including phenoxy) is 1. The molecule has 0 bridgehead atoms. The molecule has 2 aromatic rings. The Labute approximate surface area is 115 Å². The fraction of sp³-hybridized carbons (Fsp3) is 0.231. The molecule has 92 valence electrons. The van der Waals surface area contributed by atoms with Gasteiger partial charge in [-0.15, -0.1) is 11.3 Å². The molecule has 0 unspecified atom stereocenters. The molecule has 0 amide bonds. The largest absolute Gasteiger partial charge is 0.486 e. The lowest BCUT2D eigenvalue weighted by Gasteiger charge is -2.03. The quantitative estimate of drug-likeness (QED) is 0.854. The molecule has 5 heteroatoms. The molecule has 18 heavy (non-hydrogen) atoms. The monoisotopic (exact) mass is 278 g/mol. The predicted octanol–water partition coefficient (Wildman–Crippen LogP) is 3.81. The number of thiazole rings is 1. The Kier molecular flexibility index (Phi) is 4.19. The molecule has 0 spiro atoms. The Hall–Kier alpha value is -1.57. The number of nitriles is 1. The number of halogens is 1. The van der Waals surface area contributed by atoms with Gasteiger partial charge in [-0.3, -0.25) is 0 Å². The molecule has 0 aliphatic rings. The first-order valence-electron chi connectivity index (χ1n) is 5.50. The second kappa shape index (κ2) is 5.85. The van der Waals surface area contributed by atoms with Gasteiger partial charge in [-0.1, -0.05) is 24.6 Å². The van der Waals surface area contributed by atoms with E-state index in [2.05, 4.69) is 11.1 Å². The molecule has 0 N–H and O–H groups in total. The number of hydrogen-bond acceptors (Lipinski definition) is 4. The van der Waals surface area contributed by atoms with Crippen molar-refractivity contribution in [2.75, 3.05) is 0 Å². The summed E-state index contributed by atoms with van der Waals surface area (Å²) in [7, 11) is 0. The molecule has 1 heterocycles. The standard InChI is InChI=1S/C13H11ClN2OS/c1-2-11-12(7-15)18-13(16-11)8-17-10-5-3-4-9(14)6-10/h3-6H,2,8H2,1H3. The molecule has 0 saturated carbocycles. The van der Waals surface area contributed by atoms with Gasteiger partial charge >= 0.3 is 0 Å². The van der Waals surface area contributed by atoms with Gasteiger partial charge in [0, 0.05) is 5.02 Å². The molecule has 2 rings (SSSR count). The fourth-order valence-corrected chi connectivity index (χ4v) is 2.53. The van der Waals surface area contributed by atoms with Crippen LogP contribution in [-0.2, 0) is 13.0 Å². The van der Waals surface area contributed by atoms with Crippen LogP contribution in [0.3, 0.4) is 0 Å². The molecule has 0 atom stereocenters. The smallest absolute Gasteiger partial charge is 0.140 e. The van der Waals surface area contributed by atoms with Gasteiger partial charge in [0.1, 0.15) is 28.3 Å². The van der Waals surface area contributed by atoms with Gasteiger partial charge in [0.05, 0.1) is 5.69 Å². The topological polar surface area (TPSA) is 45.9 Å². The molecule has 3 nitrogen and oxygen atoms in total. The van der Waals surface area contributed by atoms with Crippen LogP contribution in [0.4, 0.5) is 0 Å². The highest BCUT2D eigenvalue weighted by atomic mass is 35.5. The van der Waals surface area contributed by atoms with E-state index in [-0.39, 0.29) is 0 Å². The molecular formula is C13H11ClN2OS. The van der Waals surface area contributed by atoms with E-state index in [4.69, 9.17) is 21.6 Å². The highest BCUT2D eigenvalue weighted by molar-refractivity contribution is 7.12. The minimum absolute atomic E-state index is 0.361. The fourth-order valence-electron chi connectivity index (χ4n) is 1.49. The minimum atomic E-state index is 0.361. The van der Waals surface area contributed by atoms with Gasteiger partial charge in [0.25, 0.3) is 0 Å². The average Bonchev–Trinajstić information content (AvgIpc) is 2.79. The lowest BCUT2D eigenvalue weighted by Crippen LogP contribution is -1.95. The highest BCUT2D eigenvalue weighted by Crippen LogP contribution is 2.22. The van der Waals surface area contributed by atoms with Gasteiger partial charge < -0.3 is 4.74 Å². The maximum absolute atomic E-state index is 8.95. The Morgan fingerprint density at radius 3 is 2.94 bits per heavy atom. The summed E-state index contributed by atoms with van der Waals surface area (Å²) in [6, 6.07) is 9.37. The van der Waals surface area contributed by atoms with Crippen molar-refractivity contribution in [3.8, 4) is 11.8 Å². The summed E-state index contributed by atoms with van der Waals surface area (Å²) >= 11 is 7.24. The van der Waals surface area contributed by atoms with Gasteiger partial charge in [-0.2, -0.15) is 5.26 Å². The second-order valence-corrected chi connectivity index (χ2v) is 5.11. The van der Waals surface area contributed by atoms with Crippen LogP contribution in [0.5, 0.6) is 5.75 Å². The van der Waals surface area contributed by atoms with Crippen LogP contribution in [0.2, 0.25) is 5.02 Å². The zero-order chi connectivity index (χ0) is 13.0. The number of aromatic nitrogens is 1. The van der Waals surface area contributed by atoms with Crippen LogP contribution in [0.15, 0.2) is 24.3 Å². The third kappa shape index (κ3) is 3.00. The molecule has 1 aromatic carbocycles. The number of rotatable bonds is 4. The molecule has 0 fully saturated rings. The summed E-state index contributed by atoms with van der Waals surface area (Å²) < 4.78 is 5.58. The van der Waals surface area contributed by atoms with Crippen LogP contribution >= 0.6 is 22.9 Å². The maximum atomic E-state index is 8.95. The van der Waals surface area contributed by atoms with Crippen LogP contribution in [0.1, 0.15) is 22.5 Å². The molecule has 1 aromatic heterocycles. The van der Waals surface area contributed by atoms with Crippen molar-refractivity contribution in [2.45, 2.75) is 20.0 Å². The van der Waals surface area contributed by atoms with Crippen molar-refractivity contribution in [2.24, 2.45) is 0 Å². The summed E-state index contributed by atoms with van der Waals surface area (Å²) in [5, 5.41) is 10.4. The Balaban J connectivity index is 2.07. The zero-order valence-electron chi connectivity index (χ0n) is 9.81. The summed E-state index contributed by atoms with van der Waals surface area (Å²) in [6.45, 7) is 2.34. The van der Waals surface area contributed by atoms with Crippen molar-refractivity contribution < 1.29 is 4.74 Å². The SMILES string of the molecule is CCc1nc(COc2cccc(Cl)c2)sc1C#N. The number of benzene rings is 1. The molecular weight excluding hydrogens is 268 g/mol. The minimum Gasteiger partial charge on any atom is -0.486 e. The Morgan fingerprint density at radius 2 is 2.33 bits per heavy atom. The van der Waals surface area contributed by atoms with Crippen molar-refractivity contribution in [3.63, 3.8) is 0 Å². The van der Waals surface area contributed by atoms with Crippen molar-refractivity contribution in [3.05, 3.63) is 44.9 Å². The van der Waals surface area contributed by atoms with Crippen LogP contribution in [-0.4, -0.2) is 4.98 Å². The van der Waals surface area contributed by atoms with Crippen LogP contribution in [0, 0.1) is 11.3 Å². The summed E-state index contributed by atoms with van der Waals surface area (Å²) in [5.74, 6) is 0.703. The third-order valence-corrected chi connectivity index (χ3v) is 3.55. The second-order valence-electron chi connectivity index (χ2n) is 3.59. The first kappa shape index (κ1) is 12.9. The molecule has 0 saturated heterocycles.